The Kier molecular flexibility index (Phi) is 5.13. The van der Waals surface area contributed by atoms with Gasteiger partial charge < -0.3 is 4.42 Å². The van der Waals surface area contributed by atoms with Gasteiger partial charge in [-0.3, -0.25) is 0 Å². The summed E-state index contributed by atoms with van der Waals surface area (Å²) in [6.07, 6.45) is 3.29. The third kappa shape index (κ3) is 3.81. The van der Waals surface area contributed by atoms with Crippen molar-refractivity contribution in [3.05, 3.63) is 23.4 Å². The molecule has 2 aromatic heterocycles. The van der Waals surface area contributed by atoms with Crippen LogP contribution in [0.1, 0.15) is 44.4 Å². The molecule has 8 heteroatoms. The van der Waals surface area contributed by atoms with E-state index in [9.17, 15) is 8.42 Å². The fraction of sp³-hybridized carbons (Fsp3) is 0.600. The maximum absolute atomic E-state index is 12.4. The van der Waals surface area contributed by atoms with Crippen molar-refractivity contribution >= 4 is 21.4 Å². The topological polar surface area (TPSA) is 76.3 Å². The SMILES string of the molecule is CCCCS(=O)(=O)N1CCC[C@@H](c2nnc(-c3cccs3)o2)C1. The lowest BCUT2D eigenvalue weighted by molar-refractivity contribution is 0.286. The average molecular weight is 355 g/mol. The van der Waals surface area contributed by atoms with Crippen molar-refractivity contribution in [3.63, 3.8) is 0 Å². The molecule has 1 aliphatic heterocycles. The Labute approximate surface area is 140 Å². The Morgan fingerprint density at radius 3 is 3.04 bits per heavy atom. The van der Waals surface area contributed by atoms with Gasteiger partial charge in [0.25, 0.3) is 5.89 Å². The highest BCUT2D eigenvalue weighted by Gasteiger charge is 2.32. The van der Waals surface area contributed by atoms with Crippen molar-refractivity contribution in [1.29, 1.82) is 0 Å². The van der Waals surface area contributed by atoms with Gasteiger partial charge in [0.15, 0.2) is 0 Å². The Morgan fingerprint density at radius 1 is 1.43 bits per heavy atom. The molecule has 0 bridgehead atoms. The summed E-state index contributed by atoms with van der Waals surface area (Å²) in [5, 5.41) is 10.2. The van der Waals surface area contributed by atoms with Crippen LogP contribution in [0.15, 0.2) is 21.9 Å². The Bertz CT molecular complexity index is 725. The molecular weight excluding hydrogens is 334 g/mol. The smallest absolute Gasteiger partial charge is 0.257 e. The van der Waals surface area contributed by atoms with Gasteiger partial charge in [0.2, 0.25) is 15.9 Å². The summed E-state index contributed by atoms with van der Waals surface area (Å²) in [5.74, 6) is 1.27. The van der Waals surface area contributed by atoms with Crippen molar-refractivity contribution in [3.8, 4) is 10.8 Å². The van der Waals surface area contributed by atoms with E-state index in [-0.39, 0.29) is 11.7 Å². The first-order chi connectivity index (χ1) is 11.1. The molecule has 126 valence electrons. The maximum Gasteiger partial charge on any atom is 0.257 e. The van der Waals surface area contributed by atoms with Gasteiger partial charge in [-0.1, -0.05) is 19.4 Å². The van der Waals surface area contributed by atoms with E-state index in [1.807, 2.05) is 24.4 Å². The molecular formula is C15H21N3O3S2. The fourth-order valence-electron chi connectivity index (χ4n) is 2.75. The fourth-order valence-corrected chi connectivity index (χ4v) is 5.12. The first kappa shape index (κ1) is 16.6. The Morgan fingerprint density at radius 2 is 2.30 bits per heavy atom. The van der Waals surface area contributed by atoms with Gasteiger partial charge in [0, 0.05) is 13.1 Å². The summed E-state index contributed by atoms with van der Waals surface area (Å²) in [5.41, 5.74) is 0. The number of piperidine rings is 1. The summed E-state index contributed by atoms with van der Waals surface area (Å²) in [6, 6.07) is 3.87. The molecule has 0 amide bonds. The zero-order chi connectivity index (χ0) is 16.3. The van der Waals surface area contributed by atoms with Crippen LogP contribution in [0, 0.1) is 0 Å². The predicted octanol–water partition coefficient (Wildman–Crippen LogP) is 3.11. The quantitative estimate of drug-likeness (QED) is 0.796. The molecule has 0 unspecified atom stereocenters. The van der Waals surface area contributed by atoms with Crippen LogP contribution < -0.4 is 0 Å². The highest BCUT2D eigenvalue weighted by Crippen LogP contribution is 2.31. The third-order valence-corrected chi connectivity index (χ3v) is 6.84. The van der Waals surface area contributed by atoms with Gasteiger partial charge >= 0.3 is 0 Å². The van der Waals surface area contributed by atoms with E-state index in [0.717, 1.165) is 24.1 Å². The second-order valence-corrected chi connectivity index (χ2v) is 8.83. The molecule has 0 aliphatic carbocycles. The molecule has 6 nitrogen and oxygen atoms in total. The van der Waals surface area contributed by atoms with Crippen LogP contribution in [0.4, 0.5) is 0 Å². The van der Waals surface area contributed by atoms with Crippen molar-refractivity contribution in [1.82, 2.24) is 14.5 Å². The Balaban J connectivity index is 1.71. The molecule has 0 radical (unpaired) electrons. The number of hydrogen-bond acceptors (Lipinski definition) is 6. The highest BCUT2D eigenvalue weighted by molar-refractivity contribution is 7.89. The second kappa shape index (κ2) is 7.11. The van der Waals surface area contributed by atoms with Crippen molar-refractivity contribution in [2.24, 2.45) is 0 Å². The lowest BCUT2D eigenvalue weighted by Crippen LogP contribution is -2.40. The predicted molar refractivity (Wildman–Crippen MR) is 89.9 cm³/mol. The van der Waals surface area contributed by atoms with E-state index in [2.05, 4.69) is 10.2 Å². The molecule has 1 fully saturated rings. The van der Waals surface area contributed by atoms with Gasteiger partial charge in [-0.2, -0.15) is 0 Å². The van der Waals surface area contributed by atoms with Crippen LogP contribution in [0.5, 0.6) is 0 Å². The molecule has 0 N–H and O–H groups in total. The molecule has 2 aromatic rings. The zero-order valence-corrected chi connectivity index (χ0v) is 14.8. The number of sulfonamides is 1. The van der Waals surface area contributed by atoms with E-state index in [1.165, 1.54) is 0 Å². The second-order valence-electron chi connectivity index (χ2n) is 5.79. The lowest BCUT2D eigenvalue weighted by atomic mass is 10.00. The minimum absolute atomic E-state index is 0.0126. The standard InChI is InChI=1S/C15H21N3O3S2/c1-2-3-10-23(19,20)18-8-4-6-12(11-18)14-16-17-15(21-14)13-7-5-9-22-13/h5,7,9,12H,2-4,6,8,10-11H2,1H3/t12-/m1/s1. The Hall–Kier alpha value is -1.25. The van der Waals surface area contributed by atoms with E-state index in [4.69, 9.17) is 4.42 Å². The first-order valence-electron chi connectivity index (χ1n) is 7.95. The van der Waals surface area contributed by atoms with E-state index in [0.29, 0.717) is 31.3 Å². The lowest BCUT2D eigenvalue weighted by Gasteiger charge is -2.30. The molecule has 3 rings (SSSR count). The molecule has 0 saturated carbocycles. The van der Waals surface area contributed by atoms with Gasteiger partial charge in [-0.25, -0.2) is 12.7 Å². The van der Waals surface area contributed by atoms with Gasteiger partial charge in [0.05, 0.1) is 16.5 Å². The van der Waals surface area contributed by atoms with Crippen molar-refractivity contribution in [2.45, 2.75) is 38.5 Å². The summed E-state index contributed by atoms with van der Waals surface area (Å²) in [6.45, 7) is 3.03. The number of nitrogens with zero attached hydrogens (tertiary/aromatic N) is 3. The average Bonchev–Trinajstić information content (AvgIpc) is 3.24. The number of rotatable bonds is 6. The largest absolute Gasteiger partial charge is 0.420 e. The number of hydrogen-bond donors (Lipinski definition) is 0. The number of thiophene rings is 1. The van der Waals surface area contributed by atoms with E-state index >= 15 is 0 Å². The number of unbranched alkanes of at least 4 members (excludes halogenated alkanes) is 1. The van der Waals surface area contributed by atoms with Crippen LogP contribution in [-0.2, 0) is 10.0 Å². The monoisotopic (exact) mass is 355 g/mol. The minimum atomic E-state index is -3.18. The van der Waals surface area contributed by atoms with E-state index in [1.54, 1.807) is 15.6 Å². The first-order valence-corrected chi connectivity index (χ1v) is 10.4. The number of aromatic nitrogens is 2. The molecule has 1 saturated heterocycles. The summed E-state index contributed by atoms with van der Waals surface area (Å²) in [4.78, 5) is 0.937. The van der Waals surface area contributed by atoms with Crippen LogP contribution in [-0.4, -0.2) is 41.8 Å². The molecule has 0 aromatic carbocycles. The summed E-state index contributed by atoms with van der Waals surface area (Å²) < 4.78 is 32.1. The molecule has 0 spiro atoms. The van der Waals surface area contributed by atoms with Gasteiger partial charge in [-0.05, 0) is 30.7 Å². The van der Waals surface area contributed by atoms with Crippen molar-refractivity contribution < 1.29 is 12.8 Å². The molecule has 1 atom stereocenters. The van der Waals surface area contributed by atoms with E-state index < -0.39 is 10.0 Å². The summed E-state index contributed by atoms with van der Waals surface area (Å²) in [7, 11) is -3.18. The minimum Gasteiger partial charge on any atom is -0.420 e. The highest BCUT2D eigenvalue weighted by atomic mass is 32.2. The third-order valence-electron chi connectivity index (χ3n) is 4.06. The van der Waals surface area contributed by atoms with Crippen LogP contribution in [0.3, 0.4) is 0 Å². The van der Waals surface area contributed by atoms with Crippen molar-refractivity contribution in [2.75, 3.05) is 18.8 Å². The van der Waals surface area contributed by atoms with Crippen LogP contribution in [0.25, 0.3) is 10.8 Å². The van der Waals surface area contributed by atoms with Gasteiger partial charge in [-0.15, -0.1) is 21.5 Å². The molecule has 1 aliphatic rings. The van der Waals surface area contributed by atoms with Crippen LogP contribution in [0.2, 0.25) is 0 Å². The summed E-state index contributed by atoms with van der Waals surface area (Å²) >= 11 is 1.55. The maximum atomic E-state index is 12.4. The normalized spacial score (nSPS) is 20.0. The van der Waals surface area contributed by atoms with Crippen LogP contribution >= 0.6 is 11.3 Å². The molecule has 3 heterocycles. The zero-order valence-electron chi connectivity index (χ0n) is 13.1. The van der Waals surface area contributed by atoms with Gasteiger partial charge in [0.1, 0.15) is 0 Å². The molecule has 23 heavy (non-hydrogen) atoms.